The van der Waals surface area contributed by atoms with Crippen molar-refractivity contribution in [1.82, 2.24) is 29.7 Å². The number of rotatable bonds is 11. The lowest BCUT2D eigenvalue weighted by atomic mass is 10.1. The second kappa shape index (κ2) is 13.4. The molecule has 0 atom stereocenters. The largest absolute Gasteiger partial charge is 0.383 e. The van der Waals surface area contributed by atoms with Gasteiger partial charge in [-0.1, -0.05) is 6.92 Å². The highest BCUT2D eigenvalue weighted by atomic mass is 19.1. The molecule has 2 N–H and O–H groups in total. The third-order valence-electron chi connectivity index (χ3n) is 7.70. The molecule has 4 heterocycles. The van der Waals surface area contributed by atoms with E-state index < -0.39 is 5.82 Å². The number of ether oxygens (including phenoxy) is 2. The van der Waals surface area contributed by atoms with Crippen molar-refractivity contribution in [1.29, 1.82) is 0 Å². The van der Waals surface area contributed by atoms with Gasteiger partial charge in [0.25, 0.3) is 5.91 Å². The SMILES string of the molecule is CCN(CCOC)CCN(C)C(=O)c1ccc(N2CCc3c(-c4cnc(N)nc4)nc(N4CCOCC4)nc32)c(F)c1. The van der Waals surface area contributed by atoms with Crippen LogP contribution in [-0.2, 0) is 15.9 Å². The number of nitrogens with two attached hydrogens (primary N) is 1. The molecule has 1 fully saturated rings. The maximum atomic E-state index is 15.7. The first-order chi connectivity index (χ1) is 20.4. The number of likely N-dealkylation sites (N-methyl/N-ethyl adjacent to an activating group) is 2. The van der Waals surface area contributed by atoms with Gasteiger partial charge in [-0.25, -0.2) is 19.3 Å². The number of methoxy groups -OCH3 is 1. The molecule has 2 aliphatic rings. The summed E-state index contributed by atoms with van der Waals surface area (Å²) >= 11 is 0. The number of hydrogen-bond acceptors (Lipinski definition) is 11. The fourth-order valence-corrected chi connectivity index (χ4v) is 5.20. The zero-order chi connectivity index (χ0) is 29.6. The maximum absolute atomic E-state index is 15.7. The summed E-state index contributed by atoms with van der Waals surface area (Å²) in [5.74, 6) is 0.630. The van der Waals surface area contributed by atoms with Gasteiger partial charge in [0.2, 0.25) is 11.9 Å². The van der Waals surface area contributed by atoms with E-state index in [2.05, 4.69) is 26.7 Å². The first-order valence-electron chi connectivity index (χ1n) is 14.2. The first-order valence-corrected chi connectivity index (χ1v) is 14.2. The second-order valence-corrected chi connectivity index (χ2v) is 10.3. The van der Waals surface area contributed by atoms with E-state index in [4.69, 9.17) is 25.2 Å². The minimum absolute atomic E-state index is 0.176. The number of carbonyl (C=O) groups is 1. The molecule has 0 saturated carbocycles. The molecule has 1 amide bonds. The number of carbonyl (C=O) groups excluding carboxylic acids is 1. The molecule has 2 aromatic heterocycles. The molecule has 0 radical (unpaired) electrons. The number of nitrogen functional groups attached to an aromatic ring is 1. The van der Waals surface area contributed by atoms with Crippen LogP contribution in [0.25, 0.3) is 11.3 Å². The average Bonchev–Trinajstić information content (AvgIpc) is 3.45. The van der Waals surface area contributed by atoms with E-state index in [0.717, 1.165) is 18.7 Å². The van der Waals surface area contributed by atoms with Gasteiger partial charge in [-0.3, -0.25) is 9.69 Å². The summed E-state index contributed by atoms with van der Waals surface area (Å²) in [6.45, 7) is 8.55. The Hall–Kier alpha value is -3.94. The van der Waals surface area contributed by atoms with Crippen LogP contribution in [0.5, 0.6) is 0 Å². The summed E-state index contributed by atoms with van der Waals surface area (Å²) in [6.07, 6.45) is 3.90. The summed E-state index contributed by atoms with van der Waals surface area (Å²) < 4.78 is 26.4. The molecular weight excluding hydrogens is 541 g/mol. The molecule has 224 valence electrons. The fraction of sp³-hybridized carbons (Fsp3) is 0.483. The Bertz CT molecular complexity index is 1390. The number of benzene rings is 1. The highest BCUT2D eigenvalue weighted by Gasteiger charge is 2.31. The minimum atomic E-state index is -0.485. The van der Waals surface area contributed by atoms with Gasteiger partial charge >= 0.3 is 0 Å². The van der Waals surface area contributed by atoms with E-state index in [1.54, 1.807) is 43.6 Å². The zero-order valence-electron chi connectivity index (χ0n) is 24.4. The molecule has 5 rings (SSSR count). The predicted octanol–water partition coefficient (Wildman–Crippen LogP) is 2.23. The molecule has 2 aliphatic heterocycles. The molecular formula is C29H38FN9O3. The van der Waals surface area contributed by atoms with Crippen molar-refractivity contribution in [3.8, 4) is 11.3 Å². The van der Waals surface area contributed by atoms with Crippen molar-refractivity contribution in [3.63, 3.8) is 0 Å². The molecule has 1 aromatic carbocycles. The number of amides is 1. The van der Waals surface area contributed by atoms with E-state index in [0.29, 0.717) is 93.2 Å². The quantitative estimate of drug-likeness (QED) is 0.359. The van der Waals surface area contributed by atoms with Crippen LogP contribution < -0.4 is 15.5 Å². The van der Waals surface area contributed by atoms with Crippen LogP contribution in [0.1, 0.15) is 22.8 Å². The number of halogens is 1. The smallest absolute Gasteiger partial charge is 0.253 e. The normalized spacial score (nSPS) is 14.9. The molecule has 12 nitrogen and oxygen atoms in total. The molecule has 13 heteroatoms. The van der Waals surface area contributed by atoms with Gasteiger partial charge < -0.3 is 29.9 Å². The summed E-state index contributed by atoms with van der Waals surface area (Å²) in [6, 6.07) is 4.65. The van der Waals surface area contributed by atoms with Crippen molar-refractivity contribution in [2.24, 2.45) is 0 Å². The lowest BCUT2D eigenvalue weighted by Crippen LogP contribution is -2.37. The summed E-state index contributed by atoms with van der Waals surface area (Å²) in [5.41, 5.74) is 8.68. The third-order valence-corrected chi connectivity index (χ3v) is 7.70. The highest BCUT2D eigenvalue weighted by Crippen LogP contribution is 2.40. The van der Waals surface area contributed by atoms with Crippen LogP contribution >= 0.6 is 0 Å². The van der Waals surface area contributed by atoms with Crippen LogP contribution in [0.4, 0.5) is 27.8 Å². The maximum Gasteiger partial charge on any atom is 0.253 e. The molecule has 0 bridgehead atoms. The Morgan fingerprint density at radius 1 is 1.12 bits per heavy atom. The first kappa shape index (κ1) is 29.5. The van der Waals surface area contributed by atoms with Crippen molar-refractivity contribution in [2.75, 3.05) is 95.3 Å². The lowest BCUT2D eigenvalue weighted by Gasteiger charge is -2.28. The van der Waals surface area contributed by atoms with Crippen molar-refractivity contribution in [3.05, 3.63) is 47.5 Å². The summed E-state index contributed by atoms with van der Waals surface area (Å²) in [4.78, 5) is 39.0. The standard InChI is InChI=1S/C29H38FN9O3/c1-4-37(11-14-41-3)10-9-36(2)27(40)20-5-6-24(23(30)17-20)39-8-7-22-25(21-18-32-28(31)33-19-21)34-29(35-26(22)39)38-12-15-42-16-13-38/h5-6,17-19H,4,7-16H2,1-3H3,(H2,31,32,33). The van der Waals surface area contributed by atoms with E-state index in [-0.39, 0.29) is 11.9 Å². The minimum Gasteiger partial charge on any atom is -0.383 e. The van der Waals surface area contributed by atoms with Crippen LogP contribution in [0.2, 0.25) is 0 Å². The Balaban J connectivity index is 1.40. The lowest BCUT2D eigenvalue weighted by molar-refractivity contribution is 0.0769. The van der Waals surface area contributed by atoms with Gasteiger partial charge in [0.15, 0.2) is 0 Å². The number of fused-ring (bicyclic) bond motifs is 1. The monoisotopic (exact) mass is 579 g/mol. The fourth-order valence-electron chi connectivity index (χ4n) is 5.20. The number of morpholine rings is 1. The van der Waals surface area contributed by atoms with E-state index in [9.17, 15) is 4.79 Å². The molecule has 0 aliphatic carbocycles. The third kappa shape index (κ3) is 6.42. The summed E-state index contributed by atoms with van der Waals surface area (Å²) in [7, 11) is 3.41. The van der Waals surface area contributed by atoms with E-state index >= 15 is 4.39 Å². The second-order valence-electron chi connectivity index (χ2n) is 10.3. The average molecular weight is 580 g/mol. The van der Waals surface area contributed by atoms with Gasteiger partial charge in [0.1, 0.15) is 11.6 Å². The molecule has 0 spiro atoms. The topological polar surface area (TPSA) is 126 Å². The predicted molar refractivity (Wildman–Crippen MR) is 159 cm³/mol. The van der Waals surface area contributed by atoms with Crippen molar-refractivity contribution < 1.29 is 18.7 Å². The number of aromatic nitrogens is 4. The van der Waals surface area contributed by atoms with Crippen LogP contribution in [0.15, 0.2) is 30.6 Å². The molecule has 0 unspecified atom stereocenters. The number of nitrogens with zero attached hydrogens (tertiary/aromatic N) is 8. The van der Waals surface area contributed by atoms with Crippen LogP contribution in [0.3, 0.4) is 0 Å². The van der Waals surface area contributed by atoms with E-state index in [1.165, 1.54) is 6.07 Å². The molecule has 42 heavy (non-hydrogen) atoms. The van der Waals surface area contributed by atoms with E-state index in [1.807, 2.05) is 4.90 Å². The van der Waals surface area contributed by atoms with Gasteiger partial charge in [-0.05, 0) is 31.2 Å². The number of anilines is 4. The Kier molecular flexibility index (Phi) is 9.40. The Labute approximate surface area is 245 Å². The van der Waals surface area contributed by atoms with Gasteiger partial charge in [-0.15, -0.1) is 0 Å². The van der Waals surface area contributed by atoms with Crippen LogP contribution in [0, 0.1) is 5.82 Å². The zero-order valence-corrected chi connectivity index (χ0v) is 24.4. The van der Waals surface area contributed by atoms with Crippen molar-refractivity contribution >= 4 is 29.3 Å². The molecule has 3 aromatic rings. The highest BCUT2D eigenvalue weighted by molar-refractivity contribution is 5.94. The Morgan fingerprint density at radius 3 is 2.57 bits per heavy atom. The van der Waals surface area contributed by atoms with Crippen molar-refractivity contribution in [2.45, 2.75) is 13.3 Å². The van der Waals surface area contributed by atoms with Crippen LogP contribution in [-0.4, -0.2) is 115 Å². The van der Waals surface area contributed by atoms with Gasteiger partial charge in [-0.2, -0.15) is 4.98 Å². The van der Waals surface area contributed by atoms with Gasteiger partial charge in [0, 0.05) is 82.5 Å². The summed E-state index contributed by atoms with van der Waals surface area (Å²) in [5, 5.41) is 0. The van der Waals surface area contributed by atoms with Gasteiger partial charge in [0.05, 0.1) is 31.2 Å². The molecule has 1 saturated heterocycles. The Morgan fingerprint density at radius 2 is 1.88 bits per heavy atom. The number of hydrogen-bond donors (Lipinski definition) is 1.